The molecule has 1 heterocycles. The first kappa shape index (κ1) is 16.0. The van der Waals surface area contributed by atoms with Crippen molar-refractivity contribution in [2.24, 2.45) is 4.99 Å². The first-order valence-electron chi connectivity index (χ1n) is 7.88. The number of hydrogen-bond donors (Lipinski definition) is 0. The molecule has 0 saturated heterocycles. The number of para-hydroxylation sites is 1. The highest BCUT2D eigenvalue weighted by Gasteiger charge is 2.22. The van der Waals surface area contributed by atoms with Gasteiger partial charge in [0.05, 0.1) is 13.0 Å². The summed E-state index contributed by atoms with van der Waals surface area (Å²) in [5, 5.41) is 0. The van der Waals surface area contributed by atoms with E-state index < -0.39 is 5.97 Å². The number of hydrogen-bond acceptors (Lipinski definition) is 4. The lowest BCUT2D eigenvalue weighted by Crippen LogP contribution is -2.08. The van der Waals surface area contributed by atoms with E-state index in [4.69, 9.17) is 9.47 Å². The Morgan fingerprint density at radius 2 is 1.92 bits per heavy atom. The van der Waals surface area contributed by atoms with Crippen molar-refractivity contribution in [2.75, 3.05) is 6.61 Å². The Morgan fingerprint density at radius 3 is 2.71 bits per heavy atom. The van der Waals surface area contributed by atoms with Crippen LogP contribution in [0.25, 0.3) is 6.08 Å². The second kappa shape index (κ2) is 7.13. The van der Waals surface area contributed by atoms with E-state index in [1.165, 1.54) is 0 Å². The second-order valence-electron chi connectivity index (χ2n) is 5.70. The van der Waals surface area contributed by atoms with Crippen molar-refractivity contribution in [1.82, 2.24) is 0 Å². The normalized spacial score (nSPS) is 15.3. The fraction of sp³-hybridized carbons (Fsp3) is 0.200. The van der Waals surface area contributed by atoms with Crippen LogP contribution in [-0.4, -0.2) is 18.5 Å². The molecule has 0 bridgehead atoms. The number of aliphatic imine (C=N–C) groups is 1. The largest absolute Gasteiger partial charge is 0.493 e. The number of carbonyl (C=O) groups excluding carboxylic acids is 1. The molecule has 2 aromatic carbocycles. The maximum absolute atomic E-state index is 12.0. The van der Waals surface area contributed by atoms with Crippen LogP contribution >= 0.6 is 0 Å². The van der Waals surface area contributed by atoms with E-state index in [0.717, 1.165) is 22.4 Å². The predicted octanol–water partition coefficient (Wildman–Crippen LogP) is 4.07. The van der Waals surface area contributed by atoms with Crippen molar-refractivity contribution in [3.63, 3.8) is 0 Å². The van der Waals surface area contributed by atoms with Gasteiger partial charge in [-0.05, 0) is 43.2 Å². The Hall–Kier alpha value is -2.88. The molecule has 0 fully saturated rings. The molecule has 0 saturated carbocycles. The molecule has 0 amide bonds. The Morgan fingerprint density at radius 1 is 1.12 bits per heavy atom. The van der Waals surface area contributed by atoms with Crippen molar-refractivity contribution < 1.29 is 14.3 Å². The molecule has 0 aromatic heterocycles. The van der Waals surface area contributed by atoms with Crippen LogP contribution in [0.15, 0.2) is 59.2 Å². The maximum Gasteiger partial charge on any atom is 0.363 e. The molecule has 0 spiro atoms. The van der Waals surface area contributed by atoms with Gasteiger partial charge in [-0.25, -0.2) is 9.79 Å². The monoisotopic (exact) mass is 321 g/mol. The number of cyclic esters (lactones) is 1. The van der Waals surface area contributed by atoms with Crippen LogP contribution in [0.5, 0.6) is 5.75 Å². The molecular weight excluding hydrogens is 302 g/mol. The molecule has 1 aliphatic rings. The smallest absolute Gasteiger partial charge is 0.363 e. The highest BCUT2D eigenvalue weighted by molar-refractivity contribution is 6.07. The van der Waals surface area contributed by atoms with Gasteiger partial charge in [-0.15, -0.1) is 0 Å². The summed E-state index contributed by atoms with van der Waals surface area (Å²) in [5.74, 6) is 0.770. The number of rotatable bonds is 5. The van der Waals surface area contributed by atoms with Gasteiger partial charge in [0.2, 0.25) is 5.90 Å². The van der Waals surface area contributed by atoms with Crippen LogP contribution in [0.2, 0.25) is 0 Å². The Labute approximate surface area is 141 Å². The van der Waals surface area contributed by atoms with Crippen LogP contribution in [0, 0.1) is 13.8 Å². The number of carbonyl (C=O) groups is 1. The van der Waals surface area contributed by atoms with E-state index in [0.29, 0.717) is 24.6 Å². The third kappa shape index (κ3) is 3.90. The van der Waals surface area contributed by atoms with E-state index in [2.05, 4.69) is 4.99 Å². The summed E-state index contributed by atoms with van der Waals surface area (Å²) in [4.78, 5) is 16.3. The topological polar surface area (TPSA) is 47.9 Å². The third-order valence-corrected chi connectivity index (χ3v) is 3.72. The zero-order valence-corrected chi connectivity index (χ0v) is 13.8. The number of esters is 1. The molecule has 0 atom stereocenters. The first-order chi connectivity index (χ1) is 11.6. The Kier molecular flexibility index (Phi) is 4.75. The molecular formula is C20H19NO3. The highest BCUT2D eigenvalue weighted by Crippen LogP contribution is 2.20. The van der Waals surface area contributed by atoms with Crippen molar-refractivity contribution in [3.8, 4) is 5.75 Å². The summed E-state index contributed by atoms with van der Waals surface area (Å²) in [7, 11) is 0. The molecule has 0 radical (unpaired) electrons. The summed E-state index contributed by atoms with van der Waals surface area (Å²) >= 11 is 0. The molecule has 24 heavy (non-hydrogen) atoms. The van der Waals surface area contributed by atoms with Gasteiger partial charge in [0.15, 0.2) is 5.70 Å². The maximum atomic E-state index is 12.0. The van der Waals surface area contributed by atoms with Crippen molar-refractivity contribution in [3.05, 3.63) is 70.9 Å². The standard InChI is InChI=1S/C20H19NO3/c1-14-8-9-15(2)16(12-14)13-18-20(22)24-19(21-18)10-11-23-17-6-4-3-5-7-17/h3-9,12-13H,10-11H2,1-2H3/b18-13+. The van der Waals surface area contributed by atoms with E-state index in [9.17, 15) is 4.79 Å². The minimum Gasteiger partial charge on any atom is -0.493 e. The fourth-order valence-corrected chi connectivity index (χ4v) is 2.40. The van der Waals surface area contributed by atoms with Crippen LogP contribution in [0.3, 0.4) is 0 Å². The molecule has 4 nitrogen and oxygen atoms in total. The Balaban J connectivity index is 1.66. The SMILES string of the molecule is Cc1ccc(C)c(/C=C2/N=C(CCOc3ccccc3)OC2=O)c1. The lowest BCUT2D eigenvalue weighted by molar-refractivity contribution is -0.130. The van der Waals surface area contributed by atoms with E-state index in [1.54, 1.807) is 6.08 Å². The average molecular weight is 321 g/mol. The highest BCUT2D eigenvalue weighted by atomic mass is 16.6. The van der Waals surface area contributed by atoms with Crippen molar-refractivity contribution >= 4 is 17.9 Å². The third-order valence-electron chi connectivity index (χ3n) is 3.72. The first-order valence-corrected chi connectivity index (χ1v) is 7.88. The average Bonchev–Trinajstić information content (AvgIpc) is 2.92. The number of benzene rings is 2. The number of nitrogens with zero attached hydrogens (tertiary/aromatic N) is 1. The van der Waals surface area contributed by atoms with E-state index >= 15 is 0 Å². The van der Waals surface area contributed by atoms with Crippen LogP contribution in [0.4, 0.5) is 0 Å². The van der Waals surface area contributed by atoms with Crippen LogP contribution in [0.1, 0.15) is 23.1 Å². The van der Waals surface area contributed by atoms with Crippen molar-refractivity contribution in [2.45, 2.75) is 20.3 Å². The number of ether oxygens (including phenoxy) is 2. The van der Waals surface area contributed by atoms with E-state index in [1.807, 2.05) is 62.4 Å². The molecule has 4 heteroatoms. The van der Waals surface area contributed by atoms with Crippen molar-refractivity contribution in [1.29, 1.82) is 0 Å². The molecule has 2 aromatic rings. The lowest BCUT2D eigenvalue weighted by Gasteiger charge is -2.04. The summed E-state index contributed by atoms with van der Waals surface area (Å²) in [5.41, 5.74) is 3.54. The lowest BCUT2D eigenvalue weighted by atomic mass is 10.0. The Bertz CT molecular complexity index is 807. The van der Waals surface area contributed by atoms with Crippen LogP contribution < -0.4 is 4.74 Å². The van der Waals surface area contributed by atoms with Crippen LogP contribution in [-0.2, 0) is 9.53 Å². The minimum absolute atomic E-state index is 0.332. The van der Waals surface area contributed by atoms with Gasteiger partial charge >= 0.3 is 5.97 Å². The molecule has 1 aliphatic heterocycles. The minimum atomic E-state index is -0.411. The van der Waals surface area contributed by atoms with Gasteiger partial charge in [-0.1, -0.05) is 42.0 Å². The van der Waals surface area contributed by atoms with Gasteiger partial charge < -0.3 is 9.47 Å². The summed E-state index contributed by atoms with van der Waals surface area (Å²) in [6.45, 7) is 4.43. The summed E-state index contributed by atoms with van der Waals surface area (Å²) in [6, 6.07) is 15.6. The predicted molar refractivity (Wildman–Crippen MR) is 94.0 cm³/mol. The molecule has 0 unspecified atom stereocenters. The fourth-order valence-electron chi connectivity index (χ4n) is 2.40. The zero-order valence-electron chi connectivity index (χ0n) is 13.8. The quantitative estimate of drug-likeness (QED) is 0.616. The van der Waals surface area contributed by atoms with Gasteiger partial charge in [-0.3, -0.25) is 0 Å². The zero-order chi connectivity index (χ0) is 16.9. The summed E-state index contributed by atoms with van der Waals surface area (Å²) in [6.07, 6.45) is 2.22. The van der Waals surface area contributed by atoms with Gasteiger partial charge in [0.25, 0.3) is 0 Å². The molecule has 0 aliphatic carbocycles. The van der Waals surface area contributed by atoms with E-state index in [-0.39, 0.29) is 0 Å². The second-order valence-corrected chi connectivity index (χ2v) is 5.70. The van der Waals surface area contributed by atoms with Gasteiger partial charge in [0.1, 0.15) is 5.75 Å². The number of aryl methyl sites for hydroxylation is 2. The molecule has 3 rings (SSSR count). The molecule has 122 valence electrons. The van der Waals surface area contributed by atoms with Gasteiger partial charge in [0, 0.05) is 0 Å². The molecule has 0 N–H and O–H groups in total. The summed E-state index contributed by atoms with van der Waals surface area (Å²) < 4.78 is 10.8. The van der Waals surface area contributed by atoms with Gasteiger partial charge in [-0.2, -0.15) is 0 Å².